The van der Waals surface area contributed by atoms with Gasteiger partial charge >= 0.3 is 0 Å². The Hall–Kier alpha value is -0.586. The van der Waals surface area contributed by atoms with Crippen LogP contribution in [0.2, 0.25) is 0 Å². The van der Waals surface area contributed by atoms with Gasteiger partial charge in [0, 0.05) is 5.19 Å². The molecule has 0 heterocycles. The first-order valence-corrected chi connectivity index (χ1v) is 4.41. The zero-order chi connectivity index (χ0) is 8.10. The van der Waals surface area contributed by atoms with Crippen LogP contribution in [0.25, 0.3) is 0 Å². The van der Waals surface area contributed by atoms with E-state index in [1.165, 1.54) is 0 Å². The van der Waals surface area contributed by atoms with Crippen LogP contribution in [0.1, 0.15) is 0 Å². The Morgan fingerprint density at radius 3 is 2.73 bits per heavy atom. The van der Waals surface area contributed by atoms with Crippen molar-refractivity contribution in [3.05, 3.63) is 24.3 Å². The summed E-state index contributed by atoms with van der Waals surface area (Å²) in [7, 11) is 4.88. The average Bonchev–Trinajstić information content (AvgIpc) is 2.06. The van der Waals surface area contributed by atoms with Gasteiger partial charge in [0.1, 0.15) is 5.75 Å². The van der Waals surface area contributed by atoms with Crippen molar-refractivity contribution in [1.29, 1.82) is 0 Å². The molecule has 0 saturated heterocycles. The topological polar surface area (TPSA) is 18.5 Å². The lowest BCUT2D eigenvalue weighted by Crippen LogP contribution is -2.18. The predicted octanol–water partition coefficient (Wildman–Crippen LogP) is 0.0398. The molecule has 0 amide bonds. The molecule has 11 heavy (non-hydrogen) atoms. The minimum absolute atomic E-state index is 0.281. The number of rotatable bonds is 3. The van der Waals surface area contributed by atoms with Crippen LogP contribution in [0.5, 0.6) is 5.75 Å². The van der Waals surface area contributed by atoms with Crippen LogP contribution in [-0.2, 0) is 4.12 Å². The van der Waals surface area contributed by atoms with E-state index in [1.54, 1.807) is 7.11 Å². The van der Waals surface area contributed by atoms with Crippen LogP contribution in [0.15, 0.2) is 24.3 Å². The van der Waals surface area contributed by atoms with E-state index >= 15 is 0 Å². The van der Waals surface area contributed by atoms with Crippen LogP contribution >= 0.6 is 0 Å². The summed E-state index contributed by atoms with van der Waals surface area (Å²) in [6, 6.07) is 7.77. The minimum Gasteiger partial charge on any atom is -0.497 e. The summed E-state index contributed by atoms with van der Waals surface area (Å²) in [5.74, 6) is 0.865. The summed E-state index contributed by atoms with van der Waals surface area (Å²) in [5.41, 5.74) is 0. The lowest BCUT2D eigenvalue weighted by molar-refractivity contribution is 0.417. The molecule has 0 aliphatic carbocycles. The molecule has 1 aromatic rings. The van der Waals surface area contributed by atoms with Crippen LogP contribution in [0, 0.1) is 0 Å². The molecule has 0 unspecified atom stereocenters. The molecule has 0 N–H and O–H groups in total. The molecule has 4 heteroatoms. The molecule has 55 valence electrons. The third-order valence-corrected chi connectivity index (χ3v) is 2.31. The van der Waals surface area contributed by atoms with Crippen LogP contribution < -0.4 is 9.92 Å². The highest BCUT2D eigenvalue weighted by atomic mass is 28.3. The maximum absolute atomic E-state index is 5.10. The van der Waals surface area contributed by atoms with Gasteiger partial charge < -0.3 is 8.85 Å². The lowest BCUT2D eigenvalue weighted by atomic mass is 10.3. The number of hydrogen-bond donors (Lipinski definition) is 0. The van der Waals surface area contributed by atoms with Crippen LogP contribution in [-0.4, -0.2) is 27.4 Å². The van der Waals surface area contributed by atoms with Crippen molar-refractivity contribution in [2.24, 2.45) is 0 Å². The molecular weight excluding hydrogens is 172 g/mol. The molecule has 0 aliphatic heterocycles. The molecule has 0 fully saturated rings. The first-order chi connectivity index (χ1) is 5.38. The largest absolute Gasteiger partial charge is 0.497 e. The first kappa shape index (κ1) is 8.51. The van der Waals surface area contributed by atoms with Gasteiger partial charge in [0.25, 0.3) is 9.76 Å². The van der Waals surface area contributed by atoms with E-state index in [0.29, 0.717) is 0 Å². The van der Waals surface area contributed by atoms with E-state index in [4.69, 9.17) is 8.85 Å². The molecule has 0 bridgehead atoms. The Bertz CT molecular complexity index is 227. The van der Waals surface area contributed by atoms with E-state index < -0.39 is 0 Å². The first-order valence-electron chi connectivity index (χ1n) is 3.10. The standard InChI is InChI=1S/C7H7O2Si2/c1-8-6-4-2-3-5-7(6)11-9-10/h2-5H,1H3. The fraction of sp³-hybridized carbons (Fsp3) is 0.143. The molecule has 0 saturated carbocycles. The van der Waals surface area contributed by atoms with Gasteiger partial charge in [0.15, 0.2) is 0 Å². The molecule has 1 aromatic carbocycles. The summed E-state index contributed by atoms with van der Waals surface area (Å²) in [5, 5.41) is 1.06. The van der Waals surface area contributed by atoms with Gasteiger partial charge in [-0.25, -0.2) is 0 Å². The van der Waals surface area contributed by atoms with Crippen LogP contribution in [0.3, 0.4) is 0 Å². The molecule has 1 rings (SSSR count). The lowest BCUT2D eigenvalue weighted by Gasteiger charge is -2.04. The van der Waals surface area contributed by atoms with Crippen molar-refractivity contribution >= 4 is 25.4 Å². The summed E-state index contributed by atoms with van der Waals surface area (Å²) in [6.45, 7) is 0. The minimum atomic E-state index is 0.281. The molecule has 0 aromatic heterocycles. The van der Waals surface area contributed by atoms with Gasteiger partial charge in [0.05, 0.1) is 7.11 Å². The number of benzene rings is 1. The van der Waals surface area contributed by atoms with E-state index in [-0.39, 0.29) is 9.76 Å². The highest BCUT2D eigenvalue weighted by Gasteiger charge is 2.00. The molecule has 2 nitrogen and oxygen atoms in total. The van der Waals surface area contributed by atoms with Gasteiger partial charge in [-0.2, -0.15) is 0 Å². The normalized spacial score (nSPS) is 9.64. The molecular formula is C7H7O2Si2. The van der Waals surface area contributed by atoms with Gasteiger partial charge in [-0.15, -0.1) is 0 Å². The third kappa shape index (κ3) is 2.18. The number of methoxy groups -OCH3 is 1. The maximum atomic E-state index is 5.10. The van der Waals surface area contributed by atoms with Gasteiger partial charge in [-0.3, -0.25) is 0 Å². The van der Waals surface area contributed by atoms with Gasteiger partial charge in [-0.1, -0.05) is 18.2 Å². The smallest absolute Gasteiger partial charge is 0.260 e. The number of ether oxygens (including phenoxy) is 1. The van der Waals surface area contributed by atoms with E-state index in [1.807, 2.05) is 24.3 Å². The highest BCUT2D eigenvalue weighted by Crippen LogP contribution is 2.03. The molecule has 0 atom stereocenters. The van der Waals surface area contributed by atoms with E-state index in [9.17, 15) is 0 Å². The van der Waals surface area contributed by atoms with Crippen LogP contribution in [0.4, 0.5) is 0 Å². The Kier molecular flexibility index (Phi) is 3.35. The van der Waals surface area contributed by atoms with E-state index in [0.717, 1.165) is 10.9 Å². The number of para-hydroxylation sites is 1. The second kappa shape index (κ2) is 4.32. The second-order valence-corrected chi connectivity index (χ2v) is 3.46. The fourth-order valence-corrected chi connectivity index (χ4v) is 1.67. The van der Waals surface area contributed by atoms with E-state index in [2.05, 4.69) is 10.5 Å². The monoisotopic (exact) mass is 179 g/mol. The zero-order valence-corrected chi connectivity index (χ0v) is 8.13. The van der Waals surface area contributed by atoms with Gasteiger partial charge in [-0.05, 0) is 6.07 Å². The SMILES string of the molecule is COc1ccccc1[Si]O[Si]. The Labute approximate surface area is 72.0 Å². The Balaban J connectivity index is 2.83. The summed E-state index contributed by atoms with van der Waals surface area (Å²) in [6.07, 6.45) is 0. The maximum Gasteiger partial charge on any atom is 0.260 e. The second-order valence-electron chi connectivity index (χ2n) is 1.90. The summed E-state index contributed by atoms with van der Waals surface area (Å²) >= 11 is 0. The van der Waals surface area contributed by atoms with Crippen molar-refractivity contribution in [1.82, 2.24) is 0 Å². The average molecular weight is 179 g/mol. The quantitative estimate of drug-likeness (QED) is 0.610. The van der Waals surface area contributed by atoms with Crippen molar-refractivity contribution in [3.63, 3.8) is 0 Å². The summed E-state index contributed by atoms with van der Waals surface area (Å²) in [4.78, 5) is 0. The molecule has 0 aliphatic rings. The molecule has 5 radical (unpaired) electrons. The zero-order valence-electron chi connectivity index (χ0n) is 6.13. The third-order valence-electron chi connectivity index (χ3n) is 1.27. The number of hydrogen-bond acceptors (Lipinski definition) is 2. The molecule has 0 spiro atoms. The Morgan fingerprint density at radius 2 is 2.09 bits per heavy atom. The van der Waals surface area contributed by atoms with Crippen molar-refractivity contribution < 1.29 is 8.85 Å². The van der Waals surface area contributed by atoms with Gasteiger partial charge in [0.2, 0.25) is 10.5 Å². The fourth-order valence-electron chi connectivity index (χ4n) is 0.784. The highest BCUT2D eigenvalue weighted by molar-refractivity contribution is 6.51. The van der Waals surface area contributed by atoms with Crippen molar-refractivity contribution in [3.8, 4) is 5.75 Å². The van der Waals surface area contributed by atoms with Crippen molar-refractivity contribution in [2.75, 3.05) is 7.11 Å². The van der Waals surface area contributed by atoms with Crippen molar-refractivity contribution in [2.45, 2.75) is 0 Å². The Morgan fingerprint density at radius 1 is 1.36 bits per heavy atom. The predicted molar refractivity (Wildman–Crippen MR) is 45.2 cm³/mol. The summed E-state index contributed by atoms with van der Waals surface area (Å²) < 4.78 is 9.93.